The van der Waals surface area contributed by atoms with E-state index in [4.69, 9.17) is 9.47 Å². The molecule has 0 aromatic rings. The molecule has 4 nitrogen and oxygen atoms in total. The molecular formula is C19H34N2O2. The van der Waals surface area contributed by atoms with Gasteiger partial charge in [-0.3, -0.25) is 0 Å². The number of ether oxygens (including phenoxy) is 2. The lowest BCUT2D eigenvalue weighted by atomic mass is 9.71. The van der Waals surface area contributed by atoms with Gasteiger partial charge in [-0.2, -0.15) is 0 Å². The molecule has 1 saturated carbocycles. The lowest BCUT2D eigenvalue weighted by Crippen LogP contribution is -2.49. The van der Waals surface area contributed by atoms with Crippen LogP contribution in [0.15, 0.2) is 0 Å². The average molecular weight is 322 g/mol. The average Bonchev–Trinajstić information content (AvgIpc) is 3.34. The van der Waals surface area contributed by atoms with Crippen LogP contribution in [0, 0.1) is 17.3 Å². The summed E-state index contributed by atoms with van der Waals surface area (Å²) in [5.74, 6) is 1.64. The van der Waals surface area contributed by atoms with Gasteiger partial charge >= 0.3 is 0 Å². The van der Waals surface area contributed by atoms with Crippen LogP contribution < -0.4 is 0 Å². The molecule has 4 heteroatoms. The first-order chi connectivity index (χ1) is 11.3. The van der Waals surface area contributed by atoms with E-state index in [1.165, 1.54) is 64.7 Å². The van der Waals surface area contributed by atoms with Crippen LogP contribution in [0.5, 0.6) is 0 Å². The van der Waals surface area contributed by atoms with Gasteiger partial charge in [0.25, 0.3) is 0 Å². The Balaban J connectivity index is 1.31. The summed E-state index contributed by atoms with van der Waals surface area (Å²) < 4.78 is 11.6. The van der Waals surface area contributed by atoms with E-state index in [2.05, 4.69) is 16.8 Å². The van der Waals surface area contributed by atoms with Gasteiger partial charge < -0.3 is 19.3 Å². The third-order valence-electron chi connectivity index (χ3n) is 6.85. The summed E-state index contributed by atoms with van der Waals surface area (Å²) >= 11 is 0. The highest BCUT2D eigenvalue weighted by Crippen LogP contribution is 2.45. The first-order valence-electron chi connectivity index (χ1n) is 9.83. The Morgan fingerprint density at radius 1 is 1.04 bits per heavy atom. The molecule has 1 spiro atoms. The molecule has 4 fully saturated rings. The maximum absolute atomic E-state index is 6.10. The summed E-state index contributed by atoms with van der Waals surface area (Å²) in [7, 11) is 2.30. The van der Waals surface area contributed by atoms with E-state index in [0.717, 1.165) is 44.3 Å². The third-order valence-corrected chi connectivity index (χ3v) is 6.85. The fraction of sp³-hybridized carbons (Fsp3) is 1.00. The lowest BCUT2D eigenvalue weighted by molar-refractivity contribution is -0.0163. The van der Waals surface area contributed by atoms with E-state index in [0.29, 0.717) is 5.41 Å². The number of hydrogen-bond donors (Lipinski definition) is 0. The van der Waals surface area contributed by atoms with Gasteiger partial charge in [0.1, 0.15) is 0 Å². The Morgan fingerprint density at radius 3 is 2.48 bits per heavy atom. The number of hydrogen-bond acceptors (Lipinski definition) is 4. The molecule has 0 aromatic heterocycles. The van der Waals surface area contributed by atoms with Crippen molar-refractivity contribution in [2.24, 2.45) is 17.3 Å². The molecule has 3 heterocycles. The van der Waals surface area contributed by atoms with Gasteiger partial charge in [0.15, 0.2) is 0 Å². The Hall–Kier alpha value is -0.160. The molecule has 0 radical (unpaired) electrons. The molecule has 3 saturated heterocycles. The van der Waals surface area contributed by atoms with Gasteiger partial charge in [-0.05, 0) is 70.0 Å². The second kappa shape index (κ2) is 6.99. The molecule has 4 aliphatic rings. The molecule has 3 aliphatic heterocycles. The zero-order valence-corrected chi connectivity index (χ0v) is 14.8. The topological polar surface area (TPSA) is 24.9 Å². The predicted octanol–water partition coefficient (Wildman–Crippen LogP) is 2.24. The minimum atomic E-state index is 0.528. The maximum Gasteiger partial charge on any atom is 0.0512 e. The van der Waals surface area contributed by atoms with Crippen molar-refractivity contribution in [2.45, 2.75) is 44.6 Å². The molecule has 0 bridgehead atoms. The number of rotatable bonds is 5. The van der Waals surface area contributed by atoms with Crippen LogP contribution in [0.3, 0.4) is 0 Å². The van der Waals surface area contributed by atoms with E-state index in [9.17, 15) is 0 Å². The monoisotopic (exact) mass is 322 g/mol. The fourth-order valence-electron chi connectivity index (χ4n) is 5.14. The third kappa shape index (κ3) is 3.76. The zero-order chi connectivity index (χ0) is 15.7. The van der Waals surface area contributed by atoms with Crippen LogP contribution in [0.1, 0.15) is 38.5 Å². The van der Waals surface area contributed by atoms with Crippen molar-refractivity contribution in [3.05, 3.63) is 0 Å². The van der Waals surface area contributed by atoms with Crippen LogP contribution >= 0.6 is 0 Å². The van der Waals surface area contributed by atoms with Crippen molar-refractivity contribution >= 4 is 0 Å². The highest BCUT2D eigenvalue weighted by atomic mass is 16.5. The van der Waals surface area contributed by atoms with Crippen molar-refractivity contribution < 1.29 is 9.47 Å². The highest BCUT2D eigenvalue weighted by Gasteiger charge is 2.47. The largest absolute Gasteiger partial charge is 0.381 e. The molecular weight excluding hydrogens is 288 g/mol. The number of nitrogens with zero attached hydrogens (tertiary/aromatic N) is 2. The summed E-state index contributed by atoms with van der Waals surface area (Å²) in [4.78, 5) is 5.31. The van der Waals surface area contributed by atoms with Gasteiger partial charge in [-0.25, -0.2) is 0 Å². The Morgan fingerprint density at radius 2 is 1.78 bits per heavy atom. The van der Waals surface area contributed by atoms with E-state index >= 15 is 0 Å². The van der Waals surface area contributed by atoms with Gasteiger partial charge in [0, 0.05) is 44.9 Å². The minimum Gasteiger partial charge on any atom is -0.381 e. The molecule has 23 heavy (non-hydrogen) atoms. The molecule has 132 valence electrons. The summed E-state index contributed by atoms with van der Waals surface area (Å²) in [5, 5.41) is 0. The molecule has 4 rings (SSSR count). The normalized spacial score (nSPS) is 33.5. The SMILES string of the molecule is CN1C[C@@H](COCC2CC2)C2(CCN(C3CCOCC3)CC2)C1. The minimum absolute atomic E-state index is 0.528. The smallest absolute Gasteiger partial charge is 0.0512 e. The Kier molecular flexibility index (Phi) is 4.96. The van der Waals surface area contributed by atoms with Crippen molar-refractivity contribution in [2.75, 3.05) is 59.7 Å². The molecule has 1 atom stereocenters. The summed E-state index contributed by atoms with van der Waals surface area (Å²) in [5.41, 5.74) is 0.528. The summed E-state index contributed by atoms with van der Waals surface area (Å²) in [6.45, 7) is 9.05. The molecule has 0 N–H and O–H groups in total. The maximum atomic E-state index is 6.10. The van der Waals surface area contributed by atoms with Gasteiger partial charge in [-0.1, -0.05) is 0 Å². The van der Waals surface area contributed by atoms with E-state index in [1.54, 1.807) is 0 Å². The predicted molar refractivity (Wildman–Crippen MR) is 91.6 cm³/mol. The summed E-state index contributed by atoms with van der Waals surface area (Å²) in [6.07, 6.45) is 8.01. The van der Waals surface area contributed by atoms with Gasteiger partial charge in [0.2, 0.25) is 0 Å². The Labute approximate surface area is 141 Å². The van der Waals surface area contributed by atoms with Gasteiger partial charge in [0.05, 0.1) is 6.61 Å². The van der Waals surface area contributed by atoms with Crippen molar-refractivity contribution in [1.82, 2.24) is 9.80 Å². The number of likely N-dealkylation sites (tertiary alicyclic amines) is 2. The van der Waals surface area contributed by atoms with Crippen molar-refractivity contribution in [3.8, 4) is 0 Å². The van der Waals surface area contributed by atoms with Crippen LogP contribution in [0.25, 0.3) is 0 Å². The van der Waals surface area contributed by atoms with Crippen molar-refractivity contribution in [1.29, 1.82) is 0 Å². The van der Waals surface area contributed by atoms with Crippen LogP contribution in [0.4, 0.5) is 0 Å². The van der Waals surface area contributed by atoms with Crippen molar-refractivity contribution in [3.63, 3.8) is 0 Å². The first-order valence-corrected chi connectivity index (χ1v) is 9.83. The van der Waals surface area contributed by atoms with Crippen LogP contribution in [-0.4, -0.2) is 75.5 Å². The standard InChI is InChI=1S/C19H34N2O2/c1-20-12-17(14-23-13-16-2-3-16)19(15-20)6-8-21(9-7-19)18-4-10-22-11-5-18/h16-18H,2-15H2,1H3/t17-/m0/s1. The molecule has 0 amide bonds. The molecule has 0 unspecified atom stereocenters. The van der Waals surface area contributed by atoms with E-state index in [1.807, 2.05) is 0 Å². The van der Waals surface area contributed by atoms with E-state index < -0.39 is 0 Å². The molecule has 1 aliphatic carbocycles. The lowest BCUT2D eigenvalue weighted by Gasteiger charge is -2.46. The fourth-order valence-corrected chi connectivity index (χ4v) is 5.14. The van der Waals surface area contributed by atoms with E-state index in [-0.39, 0.29) is 0 Å². The van der Waals surface area contributed by atoms with Crippen LogP contribution in [0.2, 0.25) is 0 Å². The quantitative estimate of drug-likeness (QED) is 0.775. The first kappa shape index (κ1) is 16.3. The number of piperidine rings is 1. The molecule has 0 aromatic carbocycles. The second-order valence-corrected chi connectivity index (χ2v) is 8.62. The van der Waals surface area contributed by atoms with Crippen LogP contribution in [-0.2, 0) is 9.47 Å². The van der Waals surface area contributed by atoms with Gasteiger partial charge in [-0.15, -0.1) is 0 Å². The Bertz CT molecular complexity index is 385. The summed E-state index contributed by atoms with van der Waals surface area (Å²) in [6, 6.07) is 0.782. The highest BCUT2D eigenvalue weighted by molar-refractivity contribution is 4.99. The second-order valence-electron chi connectivity index (χ2n) is 8.62. The zero-order valence-electron chi connectivity index (χ0n) is 14.8.